The van der Waals surface area contributed by atoms with Crippen LogP contribution in [0.25, 0.3) is 11.2 Å². The number of nitrogens with one attached hydrogen (secondary N) is 2. The van der Waals surface area contributed by atoms with Crippen molar-refractivity contribution in [2.45, 2.75) is 137 Å². The van der Waals surface area contributed by atoms with Gasteiger partial charge in [-0.1, -0.05) is 0 Å². The fourth-order valence-electron chi connectivity index (χ4n) is 7.62. The molecule has 0 amide bonds. The molecule has 5 heterocycles. The topological polar surface area (TPSA) is 355 Å². The third-order valence-corrected chi connectivity index (χ3v) is 11.9. The van der Waals surface area contributed by atoms with E-state index in [1.165, 1.54) is 31.2 Å². The molecule has 0 radical (unpaired) electrons. The second-order valence-corrected chi connectivity index (χ2v) is 16.3. The zero-order valence-electron chi connectivity index (χ0n) is 31.0. The smallest absolute Gasteiger partial charge is 0.388 e. The molecule has 18 atom stereocenters. The molecule has 55 heavy (non-hydrogen) atoms. The number of likely N-dealkylation sites (N-methyl/N-ethyl adjacent to an activating group) is 2. The monoisotopic (exact) mass is 806 g/mol. The number of imidazole rings is 1. The molecule has 0 aromatic carbocycles. The summed E-state index contributed by atoms with van der Waals surface area (Å²) in [4.78, 5) is 23.1. The molecular weight excluding hydrogens is 751 g/mol. The number of aromatic nitrogens is 4. The zero-order chi connectivity index (χ0) is 40.0. The van der Waals surface area contributed by atoms with Crippen LogP contribution in [0.5, 0.6) is 0 Å². The van der Waals surface area contributed by atoms with E-state index in [0.717, 1.165) is 0 Å². The van der Waals surface area contributed by atoms with E-state index in [9.17, 15) is 29.9 Å². The number of nitrogens with zero attached hydrogens (tertiary/aromatic N) is 4. The van der Waals surface area contributed by atoms with E-state index in [4.69, 9.17) is 55.7 Å². The number of ether oxygens (including phenoxy) is 5. The van der Waals surface area contributed by atoms with E-state index in [2.05, 4.69) is 25.6 Å². The van der Waals surface area contributed by atoms with E-state index in [1.54, 1.807) is 0 Å². The molecular formula is C31H55N10O13P. The number of rotatable bonds is 13. The first kappa shape index (κ1) is 42.5. The third kappa shape index (κ3) is 8.84. The van der Waals surface area contributed by atoms with Crippen molar-refractivity contribution in [2.75, 3.05) is 33.0 Å². The largest absolute Gasteiger partial charge is 0.472 e. The van der Waals surface area contributed by atoms with Gasteiger partial charge in [0.05, 0.1) is 37.7 Å². The summed E-state index contributed by atoms with van der Waals surface area (Å²) in [6, 6.07) is -3.16. The van der Waals surface area contributed by atoms with Crippen LogP contribution in [-0.4, -0.2) is 169 Å². The summed E-state index contributed by atoms with van der Waals surface area (Å²) in [5, 5.41) is 50.4. The Bertz CT molecular complexity index is 1650. The van der Waals surface area contributed by atoms with Crippen LogP contribution in [-0.2, 0) is 37.3 Å². The number of phosphoric acid groups is 1. The van der Waals surface area contributed by atoms with Crippen molar-refractivity contribution in [3.05, 3.63) is 12.7 Å². The highest BCUT2D eigenvalue weighted by atomic mass is 31.2. The molecule has 3 aliphatic heterocycles. The Morgan fingerprint density at radius 2 is 1.69 bits per heavy atom. The number of fused-ring (bicyclic) bond motifs is 1. The lowest BCUT2D eigenvalue weighted by atomic mass is 9.84. The van der Waals surface area contributed by atoms with E-state index < -0.39 is 106 Å². The SMILES string of the molecule is CNC(C)C1CCC(N)C(OC2C(N)CC(N)C(OC3OCC(C)(O)C(NC)C3OP(=O)(O)OCC3OC(n4cnc5c(N)ncnc54)C(O)C3O)C2O)O1. The molecule has 24 heteroatoms. The summed E-state index contributed by atoms with van der Waals surface area (Å²) in [6.07, 6.45) is -9.51. The van der Waals surface area contributed by atoms with Gasteiger partial charge in [-0.05, 0) is 47.2 Å². The van der Waals surface area contributed by atoms with Gasteiger partial charge in [-0.15, -0.1) is 0 Å². The molecule has 3 saturated heterocycles. The van der Waals surface area contributed by atoms with Crippen LogP contribution in [0.4, 0.5) is 5.82 Å². The number of nitrogen functional groups attached to an aromatic ring is 1. The molecule has 1 aliphatic carbocycles. The number of aliphatic hydroxyl groups excluding tert-OH is 3. The number of aliphatic hydroxyl groups is 4. The van der Waals surface area contributed by atoms with Crippen LogP contribution in [0.3, 0.4) is 0 Å². The summed E-state index contributed by atoms with van der Waals surface area (Å²) in [7, 11) is -1.79. The Kier molecular flexibility index (Phi) is 13.1. The van der Waals surface area contributed by atoms with Crippen molar-refractivity contribution in [3.8, 4) is 0 Å². The summed E-state index contributed by atoms with van der Waals surface area (Å²) in [6.45, 7) is 2.36. The van der Waals surface area contributed by atoms with Crippen LogP contribution in [0, 0.1) is 0 Å². The second kappa shape index (κ2) is 17.0. The van der Waals surface area contributed by atoms with E-state index in [0.29, 0.717) is 12.8 Å². The molecule has 4 fully saturated rings. The fraction of sp³-hybridized carbons (Fsp3) is 0.839. The van der Waals surface area contributed by atoms with Crippen LogP contribution >= 0.6 is 7.82 Å². The Morgan fingerprint density at radius 1 is 1.00 bits per heavy atom. The third-order valence-electron chi connectivity index (χ3n) is 10.9. The molecule has 2 aromatic rings. The first-order valence-electron chi connectivity index (χ1n) is 18.2. The van der Waals surface area contributed by atoms with E-state index in [1.807, 2.05) is 14.0 Å². The predicted molar refractivity (Wildman–Crippen MR) is 190 cm³/mol. The summed E-state index contributed by atoms with van der Waals surface area (Å²) in [5.41, 5.74) is 23.9. The quantitative estimate of drug-likeness (QED) is 0.0856. The van der Waals surface area contributed by atoms with Gasteiger partial charge in [0, 0.05) is 18.1 Å². The highest BCUT2D eigenvalue weighted by Crippen LogP contribution is 2.49. The maximum Gasteiger partial charge on any atom is 0.472 e. The van der Waals surface area contributed by atoms with Crippen LogP contribution < -0.4 is 33.6 Å². The molecule has 0 bridgehead atoms. The minimum atomic E-state index is -5.10. The van der Waals surface area contributed by atoms with Crippen molar-refractivity contribution in [3.63, 3.8) is 0 Å². The number of phosphoric ester groups is 1. The first-order chi connectivity index (χ1) is 26.0. The molecule has 23 nitrogen and oxygen atoms in total. The van der Waals surface area contributed by atoms with Gasteiger partial charge < -0.3 is 82.6 Å². The highest BCUT2D eigenvalue weighted by molar-refractivity contribution is 7.47. The summed E-state index contributed by atoms with van der Waals surface area (Å²) in [5.74, 6) is 0.0893. The maximum absolute atomic E-state index is 13.5. The van der Waals surface area contributed by atoms with Crippen molar-refractivity contribution in [1.29, 1.82) is 0 Å². The van der Waals surface area contributed by atoms with E-state index >= 15 is 0 Å². The summed E-state index contributed by atoms with van der Waals surface area (Å²) >= 11 is 0. The minimum Gasteiger partial charge on any atom is -0.388 e. The van der Waals surface area contributed by atoms with Crippen molar-refractivity contribution in [1.82, 2.24) is 30.2 Å². The van der Waals surface area contributed by atoms with Gasteiger partial charge >= 0.3 is 7.82 Å². The van der Waals surface area contributed by atoms with Crippen LogP contribution in [0.1, 0.15) is 39.3 Å². The molecule has 15 N–H and O–H groups in total. The average Bonchev–Trinajstić information content (AvgIpc) is 3.69. The Hall–Kier alpha value is -2.10. The van der Waals surface area contributed by atoms with Gasteiger partial charge in [-0.2, -0.15) is 0 Å². The summed E-state index contributed by atoms with van der Waals surface area (Å²) < 4.78 is 56.0. The lowest BCUT2D eigenvalue weighted by Gasteiger charge is -2.49. The zero-order valence-corrected chi connectivity index (χ0v) is 31.9. The van der Waals surface area contributed by atoms with Gasteiger partial charge in [-0.25, -0.2) is 19.5 Å². The Morgan fingerprint density at radius 3 is 2.36 bits per heavy atom. The minimum absolute atomic E-state index is 0.00963. The number of hydrogen-bond donors (Lipinski definition) is 11. The van der Waals surface area contributed by atoms with Crippen LogP contribution in [0.2, 0.25) is 0 Å². The fourth-order valence-corrected chi connectivity index (χ4v) is 8.55. The molecule has 6 rings (SSSR count). The molecule has 2 aromatic heterocycles. The van der Waals surface area contributed by atoms with Crippen molar-refractivity contribution < 1.29 is 62.6 Å². The lowest BCUT2D eigenvalue weighted by Crippen LogP contribution is -2.69. The molecule has 312 valence electrons. The maximum atomic E-state index is 13.5. The van der Waals surface area contributed by atoms with Gasteiger partial charge in [-0.3, -0.25) is 13.6 Å². The second-order valence-electron chi connectivity index (χ2n) is 14.9. The van der Waals surface area contributed by atoms with Gasteiger partial charge in [0.15, 0.2) is 30.3 Å². The van der Waals surface area contributed by atoms with Gasteiger partial charge in [0.1, 0.15) is 60.2 Å². The van der Waals surface area contributed by atoms with Crippen molar-refractivity contribution >= 4 is 24.8 Å². The predicted octanol–water partition coefficient (Wildman–Crippen LogP) is -4.14. The van der Waals surface area contributed by atoms with Crippen molar-refractivity contribution in [2.24, 2.45) is 17.2 Å². The lowest BCUT2D eigenvalue weighted by molar-refractivity contribution is -0.305. The number of nitrogens with two attached hydrogens (primary N) is 4. The van der Waals surface area contributed by atoms with Gasteiger partial charge in [0.2, 0.25) is 0 Å². The van der Waals surface area contributed by atoms with Gasteiger partial charge in [0.25, 0.3) is 0 Å². The number of hydrogen-bond acceptors (Lipinski definition) is 21. The normalized spacial score (nSPS) is 43.0. The number of anilines is 1. The first-order valence-corrected chi connectivity index (χ1v) is 19.7. The highest BCUT2D eigenvalue weighted by Gasteiger charge is 2.54. The molecule has 18 unspecified atom stereocenters. The van der Waals surface area contributed by atoms with Crippen LogP contribution in [0.15, 0.2) is 12.7 Å². The average molecular weight is 807 g/mol. The molecule has 1 saturated carbocycles. The standard InChI is InChI=1S/C31H55N10O13P/c1-12(36-3)16-6-5-13(32)29(51-16)52-22-14(33)7-15(34)23(21(22)44)53-30-24(25(37-4)31(2,45)9-48-30)54-55(46,47)49-8-17-19(42)20(43)28(50-17)41-11-40-18-26(35)38-10-39-27(18)41/h10-17,19-25,28-30,36-37,42-45H,5-9,32-34H2,1-4H3,(H,46,47)(H2,35,38,39). The molecule has 4 aliphatic rings. The Labute approximate surface area is 316 Å². The Balaban J connectivity index is 1.14. The van der Waals surface area contributed by atoms with E-state index in [-0.39, 0.29) is 42.2 Å². The molecule has 0 spiro atoms.